The highest BCUT2D eigenvalue weighted by molar-refractivity contribution is 7.09. The molecule has 0 bridgehead atoms. The van der Waals surface area contributed by atoms with Gasteiger partial charge in [-0.3, -0.25) is 4.79 Å². The molecule has 0 radical (unpaired) electrons. The first-order chi connectivity index (χ1) is 8.29. The molecule has 3 N–H and O–H groups in total. The van der Waals surface area contributed by atoms with Gasteiger partial charge >= 0.3 is 0 Å². The van der Waals surface area contributed by atoms with Gasteiger partial charge in [0.25, 0.3) is 5.91 Å². The van der Waals surface area contributed by atoms with E-state index in [1.165, 1.54) is 11.3 Å². The van der Waals surface area contributed by atoms with Crippen LogP contribution < -0.4 is 11.1 Å². The molecule has 0 aliphatic heterocycles. The Bertz CT molecular complexity index is 477. The Morgan fingerprint density at radius 1 is 1.47 bits per heavy atom. The Morgan fingerprint density at radius 3 is 2.88 bits per heavy atom. The van der Waals surface area contributed by atoms with Crippen molar-refractivity contribution in [3.8, 4) is 0 Å². The molecule has 0 unspecified atom stereocenters. The van der Waals surface area contributed by atoms with Gasteiger partial charge < -0.3 is 15.6 Å². The quantitative estimate of drug-likeness (QED) is 0.825. The second kappa shape index (κ2) is 5.60. The number of carbonyl (C=O) groups excluding carboxylic acids is 1. The highest BCUT2D eigenvalue weighted by Gasteiger charge is 2.08. The van der Waals surface area contributed by atoms with E-state index in [1.807, 2.05) is 29.1 Å². The van der Waals surface area contributed by atoms with Crippen molar-refractivity contribution in [1.82, 2.24) is 14.9 Å². The maximum absolute atomic E-state index is 11.7. The molecule has 0 aromatic carbocycles. The monoisotopic (exact) mass is 250 g/mol. The second-order valence-corrected chi connectivity index (χ2v) is 4.45. The largest absolute Gasteiger partial charge is 0.353 e. The van der Waals surface area contributed by atoms with Crippen molar-refractivity contribution in [3.63, 3.8) is 0 Å². The predicted octanol–water partition coefficient (Wildman–Crippen LogP) is 0.833. The molecule has 2 heterocycles. The third-order valence-electron chi connectivity index (χ3n) is 2.28. The maximum Gasteiger partial charge on any atom is 0.270 e. The number of aromatic nitrogens is 2. The smallest absolute Gasteiger partial charge is 0.270 e. The van der Waals surface area contributed by atoms with Crippen LogP contribution in [-0.2, 0) is 13.1 Å². The topological polar surface area (TPSA) is 72.9 Å². The molecule has 17 heavy (non-hydrogen) atoms. The fourth-order valence-electron chi connectivity index (χ4n) is 1.42. The summed E-state index contributed by atoms with van der Waals surface area (Å²) in [6.45, 7) is 1.72. The maximum atomic E-state index is 11.7. The lowest BCUT2D eigenvalue weighted by atomic mass is 10.4. The lowest BCUT2D eigenvalue weighted by molar-refractivity contribution is 0.0948. The van der Waals surface area contributed by atoms with Crippen LogP contribution >= 0.6 is 11.3 Å². The van der Waals surface area contributed by atoms with Crippen molar-refractivity contribution >= 4 is 17.2 Å². The van der Waals surface area contributed by atoms with Crippen molar-refractivity contribution in [2.45, 2.75) is 13.1 Å². The van der Waals surface area contributed by atoms with Gasteiger partial charge in [-0.15, -0.1) is 11.3 Å². The number of nitrogens with one attached hydrogen (secondary N) is 1. The first-order valence-corrected chi connectivity index (χ1v) is 6.21. The molecule has 6 heteroatoms. The summed E-state index contributed by atoms with van der Waals surface area (Å²) in [5.41, 5.74) is 5.89. The number of amides is 1. The van der Waals surface area contributed by atoms with Crippen molar-refractivity contribution in [2.24, 2.45) is 5.73 Å². The summed E-state index contributed by atoms with van der Waals surface area (Å²) >= 11 is 1.41. The van der Waals surface area contributed by atoms with Gasteiger partial charge in [0, 0.05) is 37.4 Å². The molecule has 0 spiro atoms. The molecule has 1 amide bonds. The highest BCUT2D eigenvalue weighted by atomic mass is 32.1. The van der Waals surface area contributed by atoms with Crippen molar-refractivity contribution in [2.75, 3.05) is 6.54 Å². The molecule has 90 valence electrons. The van der Waals surface area contributed by atoms with E-state index in [-0.39, 0.29) is 5.91 Å². The lowest BCUT2D eigenvalue weighted by Gasteiger charge is -2.04. The molecule has 0 aliphatic rings. The van der Waals surface area contributed by atoms with Gasteiger partial charge in [0.05, 0.1) is 0 Å². The summed E-state index contributed by atoms with van der Waals surface area (Å²) in [5.74, 6) is -0.145. The van der Waals surface area contributed by atoms with E-state index in [0.29, 0.717) is 18.8 Å². The van der Waals surface area contributed by atoms with Crippen LogP contribution in [0.3, 0.4) is 0 Å². The van der Waals surface area contributed by atoms with Gasteiger partial charge in [0.1, 0.15) is 10.7 Å². The number of rotatable bonds is 5. The molecular weight excluding hydrogens is 236 g/mol. The second-order valence-electron chi connectivity index (χ2n) is 3.51. The summed E-state index contributed by atoms with van der Waals surface area (Å²) in [4.78, 5) is 15.8. The van der Waals surface area contributed by atoms with Crippen molar-refractivity contribution in [1.29, 1.82) is 0 Å². The SMILES string of the molecule is NCc1nc(C(=O)NCCn2cccc2)cs1. The summed E-state index contributed by atoms with van der Waals surface area (Å²) in [5, 5.41) is 5.33. The van der Waals surface area contributed by atoms with E-state index in [9.17, 15) is 4.79 Å². The van der Waals surface area contributed by atoms with Crippen LogP contribution in [0.5, 0.6) is 0 Å². The van der Waals surface area contributed by atoms with Gasteiger partial charge in [-0.1, -0.05) is 0 Å². The van der Waals surface area contributed by atoms with Crippen LogP contribution in [0.4, 0.5) is 0 Å². The van der Waals surface area contributed by atoms with E-state index < -0.39 is 0 Å². The molecule has 0 aliphatic carbocycles. The summed E-state index contributed by atoms with van der Waals surface area (Å²) in [6.07, 6.45) is 3.92. The number of carbonyl (C=O) groups is 1. The zero-order valence-corrected chi connectivity index (χ0v) is 10.1. The Kier molecular flexibility index (Phi) is 3.89. The van der Waals surface area contributed by atoms with Crippen molar-refractivity contribution < 1.29 is 4.79 Å². The normalized spacial score (nSPS) is 10.4. The molecule has 0 saturated heterocycles. The average Bonchev–Trinajstić information content (AvgIpc) is 2.99. The fourth-order valence-corrected chi connectivity index (χ4v) is 2.07. The summed E-state index contributed by atoms with van der Waals surface area (Å²) in [6, 6.07) is 3.91. The molecule has 0 saturated carbocycles. The van der Waals surface area contributed by atoms with Crippen LogP contribution in [-0.4, -0.2) is 22.0 Å². The first kappa shape index (κ1) is 11.8. The molecule has 5 nitrogen and oxygen atoms in total. The van der Waals surface area contributed by atoms with E-state index >= 15 is 0 Å². The van der Waals surface area contributed by atoms with Gasteiger partial charge in [-0.2, -0.15) is 0 Å². The number of hydrogen-bond acceptors (Lipinski definition) is 4. The number of nitrogens with two attached hydrogens (primary N) is 1. The van der Waals surface area contributed by atoms with Crippen LogP contribution in [0.1, 0.15) is 15.5 Å². The standard InChI is InChI=1S/C11H14N4OS/c12-7-10-14-9(8-17-10)11(16)13-3-6-15-4-1-2-5-15/h1-2,4-5,8H,3,6-7,12H2,(H,13,16). The lowest BCUT2D eigenvalue weighted by Crippen LogP contribution is -2.27. The minimum Gasteiger partial charge on any atom is -0.353 e. The zero-order valence-electron chi connectivity index (χ0n) is 9.30. The van der Waals surface area contributed by atoms with Crippen molar-refractivity contribution in [3.05, 3.63) is 40.6 Å². The van der Waals surface area contributed by atoms with Crippen LogP contribution in [0, 0.1) is 0 Å². The highest BCUT2D eigenvalue weighted by Crippen LogP contribution is 2.08. The Labute approximate surface area is 103 Å². The molecule has 0 atom stereocenters. The first-order valence-electron chi connectivity index (χ1n) is 5.33. The fraction of sp³-hybridized carbons (Fsp3) is 0.273. The summed E-state index contributed by atoms with van der Waals surface area (Å²) in [7, 11) is 0. The van der Waals surface area contributed by atoms with Gasteiger partial charge in [-0.25, -0.2) is 4.98 Å². The average molecular weight is 250 g/mol. The van der Waals surface area contributed by atoms with E-state index in [1.54, 1.807) is 5.38 Å². The molecular formula is C11H14N4OS. The van der Waals surface area contributed by atoms with Crippen LogP contribution in [0.2, 0.25) is 0 Å². The van der Waals surface area contributed by atoms with Gasteiger partial charge in [0.2, 0.25) is 0 Å². The van der Waals surface area contributed by atoms with Gasteiger partial charge in [-0.05, 0) is 12.1 Å². The minimum atomic E-state index is -0.145. The van der Waals surface area contributed by atoms with Crippen LogP contribution in [0.25, 0.3) is 0 Å². The number of hydrogen-bond donors (Lipinski definition) is 2. The molecule has 2 aromatic rings. The van der Waals surface area contributed by atoms with E-state index in [4.69, 9.17) is 5.73 Å². The number of thiazole rings is 1. The van der Waals surface area contributed by atoms with Gasteiger partial charge in [0.15, 0.2) is 0 Å². The Hall–Kier alpha value is -1.66. The third-order valence-corrected chi connectivity index (χ3v) is 3.15. The van der Waals surface area contributed by atoms with Crippen LogP contribution in [0.15, 0.2) is 29.9 Å². The third kappa shape index (κ3) is 3.15. The zero-order chi connectivity index (χ0) is 12.1. The Morgan fingerprint density at radius 2 is 2.24 bits per heavy atom. The Balaban J connectivity index is 1.81. The predicted molar refractivity (Wildman–Crippen MR) is 66.8 cm³/mol. The molecule has 2 aromatic heterocycles. The van der Waals surface area contributed by atoms with E-state index in [0.717, 1.165) is 11.6 Å². The molecule has 0 fully saturated rings. The summed E-state index contributed by atoms with van der Waals surface area (Å²) < 4.78 is 2.01. The van der Waals surface area contributed by atoms with E-state index in [2.05, 4.69) is 10.3 Å². The molecule has 2 rings (SSSR count). The number of nitrogens with zero attached hydrogens (tertiary/aromatic N) is 2. The minimum absolute atomic E-state index is 0.145.